The molecule has 2 amide bonds. The summed E-state index contributed by atoms with van der Waals surface area (Å²) in [7, 11) is 0. The Kier molecular flexibility index (Phi) is 10.0. The van der Waals surface area contributed by atoms with Gasteiger partial charge in [0.05, 0.1) is 0 Å². The molecular formula is C32H44N2O3. The van der Waals surface area contributed by atoms with Gasteiger partial charge in [-0.2, -0.15) is 0 Å². The van der Waals surface area contributed by atoms with E-state index in [1.54, 1.807) is 0 Å². The van der Waals surface area contributed by atoms with E-state index in [0.29, 0.717) is 5.76 Å². The van der Waals surface area contributed by atoms with Crippen LogP contribution in [0, 0.1) is 5.92 Å². The van der Waals surface area contributed by atoms with Gasteiger partial charge >= 0.3 is 0 Å². The topological polar surface area (TPSA) is 67.4 Å². The highest BCUT2D eigenvalue weighted by Crippen LogP contribution is 2.60. The van der Waals surface area contributed by atoms with Gasteiger partial charge in [0.25, 0.3) is 5.91 Å². The maximum Gasteiger partial charge on any atom is 0.258 e. The quantitative estimate of drug-likeness (QED) is 0.433. The predicted molar refractivity (Wildman–Crippen MR) is 150 cm³/mol. The van der Waals surface area contributed by atoms with E-state index in [1.165, 1.54) is 44.9 Å². The first-order valence-corrected chi connectivity index (χ1v) is 14.4. The number of carbonyl (C=O) groups is 2. The van der Waals surface area contributed by atoms with Gasteiger partial charge < -0.3 is 15.4 Å². The second kappa shape index (κ2) is 13.6. The summed E-state index contributed by atoms with van der Waals surface area (Å²) in [5.74, 6) is 0.915. The SMILES string of the molecule is O=C(COC1=C/C=C\C=C/C=C\C=C/C=C\1)NC12CC(NC(=O)C3CCCCCCCCCCC3)(C1)C2. The van der Waals surface area contributed by atoms with Crippen LogP contribution in [0.4, 0.5) is 0 Å². The lowest BCUT2D eigenvalue weighted by atomic mass is 9.44. The third kappa shape index (κ3) is 8.34. The van der Waals surface area contributed by atoms with Gasteiger partial charge in [-0.15, -0.1) is 0 Å². The number of hydrogen-bond donors (Lipinski definition) is 2. The zero-order chi connectivity index (χ0) is 25.8. The summed E-state index contributed by atoms with van der Waals surface area (Å²) in [4.78, 5) is 25.8. The number of ether oxygens (including phenoxy) is 1. The molecule has 0 aromatic rings. The van der Waals surface area contributed by atoms with Gasteiger partial charge in [0.2, 0.25) is 5.91 Å². The smallest absolute Gasteiger partial charge is 0.258 e. The van der Waals surface area contributed by atoms with Crippen LogP contribution < -0.4 is 10.6 Å². The van der Waals surface area contributed by atoms with Gasteiger partial charge in [-0.1, -0.05) is 112 Å². The highest BCUT2D eigenvalue weighted by Gasteiger charge is 2.69. The lowest BCUT2D eigenvalue weighted by Gasteiger charge is -2.70. The minimum Gasteiger partial charge on any atom is -0.484 e. The fourth-order valence-corrected chi connectivity index (χ4v) is 6.22. The summed E-state index contributed by atoms with van der Waals surface area (Å²) in [6.45, 7) is -0.0212. The Labute approximate surface area is 222 Å². The molecule has 0 aliphatic heterocycles. The first-order valence-electron chi connectivity index (χ1n) is 14.4. The van der Waals surface area contributed by atoms with Crippen LogP contribution in [0.3, 0.4) is 0 Å². The van der Waals surface area contributed by atoms with Crippen molar-refractivity contribution in [3.8, 4) is 0 Å². The van der Waals surface area contributed by atoms with Gasteiger partial charge in [-0.05, 0) is 44.3 Å². The molecule has 5 aliphatic carbocycles. The molecule has 5 heteroatoms. The fourth-order valence-electron chi connectivity index (χ4n) is 6.22. The van der Waals surface area contributed by atoms with E-state index in [1.807, 2.05) is 66.8 Å². The highest BCUT2D eigenvalue weighted by molar-refractivity contribution is 5.82. The Bertz CT molecular complexity index is 937. The molecule has 0 spiro atoms. The Morgan fingerprint density at radius 3 is 1.76 bits per heavy atom. The largest absolute Gasteiger partial charge is 0.484 e. The zero-order valence-electron chi connectivity index (χ0n) is 22.3. The first-order chi connectivity index (χ1) is 18.1. The normalized spacial score (nSPS) is 34.4. The molecule has 5 aliphatic rings. The fraction of sp³-hybridized carbons (Fsp3) is 0.562. The van der Waals surface area contributed by atoms with E-state index in [4.69, 9.17) is 4.74 Å². The average Bonchev–Trinajstić information content (AvgIpc) is 2.82. The van der Waals surface area contributed by atoms with Crippen LogP contribution in [-0.2, 0) is 14.3 Å². The van der Waals surface area contributed by atoms with Crippen molar-refractivity contribution in [3.63, 3.8) is 0 Å². The van der Waals surface area contributed by atoms with Gasteiger partial charge in [0.15, 0.2) is 6.61 Å². The Balaban J connectivity index is 1.19. The van der Waals surface area contributed by atoms with Crippen LogP contribution in [0.2, 0.25) is 0 Å². The molecule has 0 saturated heterocycles. The molecule has 0 aromatic carbocycles. The van der Waals surface area contributed by atoms with Crippen molar-refractivity contribution in [2.75, 3.05) is 6.61 Å². The summed E-state index contributed by atoms with van der Waals surface area (Å²) >= 11 is 0. The van der Waals surface area contributed by atoms with Crippen LogP contribution in [-0.4, -0.2) is 29.5 Å². The molecule has 4 saturated carbocycles. The molecule has 0 aromatic heterocycles. The van der Waals surface area contributed by atoms with E-state index >= 15 is 0 Å². The number of hydrogen-bond acceptors (Lipinski definition) is 3. The van der Waals surface area contributed by atoms with Gasteiger partial charge in [-0.25, -0.2) is 0 Å². The van der Waals surface area contributed by atoms with Crippen LogP contribution in [0.5, 0.6) is 0 Å². The van der Waals surface area contributed by atoms with E-state index in [-0.39, 0.29) is 35.4 Å². The van der Waals surface area contributed by atoms with Crippen molar-refractivity contribution in [3.05, 3.63) is 72.6 Å². The second-order valence-corrected chi connectivity index (χ2v) is 11.3. The number of rotatable bonds is 6. The van der Waals surface area contributed by atoms with Crippen molar-refractivity contribution in [2.24, 2.45) is 5.92 Å². The van der Waals surface area contributed by atoms with Crippen molar-refractivity contribution >= 4 is 11.8 Å². The number of carbonyl (C=O) groups excluding carboxylic acids is 2. The number of amides is 2. The predicted octanol–water partition coefficient (Wildman–Crippen LogP) is 6.51. The highest BCUT2D eigenvalue weighted by atomic mass is 16.5. The maximum atomic E-state index is 13.1. The van der Waals surface area contributed by atoms with Crippen molar-refractivity contribution in [1.82, 2.24) is 10.6 Å². The molecule has 5 rings (SSSR count). The molecule has 37 heavy (non-hydrogen) atoms. The Hall–Kier alpha value is -2.82. The van der Waals surface area contributed by atoms with Crippen LogP contribution >= 0.6 is 0 Å². The van der Waals surface area contributed by atoms with Gasteiger partial charge in [-0.3, -0.25) is 9.59 Å². The molecule has 0 atom stereocenters. The zero-order valence-corrected chi connectivity index (χ0v) is 22.3. The average molecular weight is 505 g/mol. The molecule has 4 fully saturated rings. The van der Waals surface area contributed by atoms with Crippen LogP contribution in [0.1, 0.15) is 89.9 Å². The van der Waals surface area contributed by atoms with E-state index in [0.717, 1.165) is 44.9 Å². The molecule has 0 heterocycles. The molecule has 2 bridgehead atoms. The van der Waals surface area contributed by atoms with Crippen LogP contribution in [0.15, 0.2) is 72.6 Å². The van der Waals surface area contributed by atoms with Gasteiger partial charge in [0, 0.05) is 17.0 Å². The number of nitrogens with one attached hydrogen (secondary N) is 2. The molecule has 5 nitrogen and oxygen atoms in total. The lowest BCUT2D eigenvalue weighted by molar-refractivity contribution is -0.153. The van der Waals surface area contributed by atoms with Crippen LogP contribution in [0.25, 0.3) is 0 Å². The lowest BCUT2D eigenvalue weighted by Crippen LogP contribution is -2.84. The first kappa shape index (κ1) is 27.2. The summed E-state index contributed by atoms with van der Waals surface area (Å²) < 4.78 is 5.77. The minimum absolute atomic E-state index is 0.0212. The second-order valence-electron chi connectivity index (χ2n) is 11.3. The van der Waals surface area contributed by atoms with E-state index < -0.39 is 0 Å². The van der Waals surface area contributed by atoms with Crippen molar-refractivity contribution in [1.29, 1.82) is 0 Å². The van der Waals surface area contributed by atoms with E-state index in [2.05, 4.69) is 10.6 Å². The number of allylic oxidation sites excluding steroid dienone is 11. The third-order valence-corrected chi connectivity index (χ3v) is 8.08. The molecule has 0 unspecified atom stereocenters. The summed E-state index contributed by atoms with van der Waals surface area (Å²) in [5, 5.41) is 6.56. The Morgan fingerprint density at radius 2 is 1.16 bits per heavy atom. The van der Waals surface area contributed by atoms with Gasteiger partial charge in [0.1, 0.15) is 5.76 Å². The van der Waals surface area contributed by atoms with E-state index in [9.17, 15) is 9.59 Å². The molecule has 200 valence electrons. The molecule has 2 N–H and O–H groups in total. The summed E-state index contributed by atoms with van der Waals surface area (Å²) in [5.41, 5.74) is -0.274. The van der Waals surface area contributed by atoms with Crippen molar-refractivity contribution < 1.29 is 14.3 Å². The van der Waals surface area contributed by atoms with Crippen molar-refractivity contribution in [2.45, 2.75) is 101 Å². The molecule has 0 radical (unpaired) electrons. The Morgan fingerprint density at radius 1 is 0.676 bits per heavy atom. The summed E-state index contributed by atoms with van der Waals surface area (Å²) in [6.07, 6.45) is 37.1. The molecular weight excluding hydrogens is 460 g/mol. The standard InChI is InChI=1S/C32H44N2O3/c35-29(23-37-28-21-17-13-9-5-2-6-10-14-18-22-28)33-31-24-32(25-31,26-31)34-30(36)27-19-15-11-7-3-1-4-8-12-16-20-27/h2,5-6,9-10,13-14,17-18,21-22,27H,1,3-4,7-8,11-12,15-16,19-20,23-26H2,(H,33,35)(H,34,36)/b5-2-,6-2?,9-5?,10-6-,13-9-,14-10?,17-13?,18-14-,21-17-,22-18?,28-21?,28-22+. The monoisotopic (exact) mass is 504 g/mol. The third-order valence-electron chi connectivity index (χ3n) is 8.08. The summed E-state index contributed by atoms with van der Waals surface area (Å²) in [6, 6.07) is 0. The maximum absolute atomic E-state index is 13.1. The minimum atomic E-state index is -0.170.